The molecule has 0 fully saturated rings. The number of H-pyrrole nitrogens is 1. The van der Waals surface area contributed by atoms with Crippen molar-refractivity contribution in [3.05, 3.63) is 78.1 Å². The molecule has 0 atom stereocenters. The maximum Gasteiger partial charge on any atom is 0.251 e. The molecule has 0 spiro atoms. The first kappa shape index (κ1) is 16.1. The van der Waals surface area contributed by atoms with Crippen LogP contribution in [0.3, 0.4) is 0 Å². The van der Waals surface area contributed by atoms with Crippen LogP contribution in [0.15, 0.2) is 67.0 Å². The monoisotopic (exact) mass is 341 g/mol. The molecule has 4 aromatic rings. The summed E-state index contributed by atoms with van der Waals surface area (Å²) < 4.78 is 0. The minimum absolute atomic E-state index is 0.0844. The Morgan fingerprint density at radius 3 is 2.54 bits per heavy atom. The second kappa shape index (κ2) is 6.48. The van der Waals surface area contributed by atoms with Gasteiger partial charge in [0.05, 0.1) is 0 Å². The molecule has 26 heavy (non-hydrogen) atoms. The third kappa shape index (κ3) is 2.86. The number of aromatic nitrogens is 2. The standard InChI is InChI=1S/C22H19N3O/c1-14-4-3-5-17(10-14)18-11-19-20(13-25-21(19)24-12-18)15-6-8-16(9-7-15)22(26)23-2/h3-13H,1-2H3,(H,23,26)(H,24,25). The maximum absolute atomic E-state index is 11.7. The number of rotatable bonds is 3. The van der Waals surface area contributed by atoms with Gasteiger partial charge in [0, 0.05) is 41.5 Å². The SMILES string of the molecule is CNC(=O)c1ccc(-c2c[nH]c3ncc(-c4cccc(C)c4)cc23)cc1. The molecule has 4 nitrogen and oxygen atoms in total. The van der Waals surface area contributed by atoms with Gasteiger partial charge in [-0.15, -0.1) is 0 Å². The fourth-order valence-electron chi connectivity index (χ4n) is 3.17. The Kier molecular flexibility index (Phi) is 4.01. The van der Waals surface area contributed by atoms with Crippen molar-refractivity contribution < 1.29 is 4.79 Å². The first-order valence-corrected chi connectivity index (χ1v) is 8.52. The van der Waals surface area contributed by atoms with E-state index in [9.17, 15) is 4.79 Å². The smallest absolute Gasteiger partial charge is 0.251 e. The molecule has 2 aromatic heterocycles. The van der Waals surface area contributed by atoms with Gasteiger partial charge in [-0.3, -0.25) is 4.79 Å². The Bertz CT molecular complexity index is 1090. The predicted molar refractivity (Wildman–Crippen MR) is 105 cm³/mol. The fourth-order valence-corrected chi connectivity index (χ4v) is 3.17. The number of benzene rings is 2. The third-order valence-electron chi connectivity index (χ3n) is 4.57. The zero-order valence-corrected chi connectivity index (χ0v) is 14.7. The molecule has 0 aliphatic carbocycles. The lowest BCUT2D eigenvalue weighted by Crippen LogP contribution is -2.17. The normalized spacial score (nSPS) is 10.8. The highest BCUT2D eigenvalue weighted by atomic mass is 16.1. The predicted octanol–water partition coefficient (Wildman–Crippen LogP) is 4.56. The summed E-state index contributed by atoms with van der Waals surface area (Å²) >= 11 is 0. The van der Waals surface area contributed by atoms with Gasteiger partial charge in [0.15, 0.2) is 0 Å². The van der Waals surface area contributed by atoms with Crippen LogP contribution in [-0.4, -0.2) is 22.9 Å². The summed E-state index contributed by atoms with van der Waals surface area (Å²) in [5.41, 5.74) is 7.09. The van der Waals surface area contributed by atoms with Crippen LogP contribution in [0.1, 0.15) is 15.9 Å². The molecule has 0 unspecified atom stereocenters. The van der Waals surface area contributed by atoms with Gasteiger partial charge in [0.1, 0.15) is 5.65 Å². The fraction of sp³-hybridized carbons (Fsp3) is 0.0909. The summed E-state index contributed by atoms with van der Waals surface area (Å²) in [4.78, 5) is 19.5. The van der Waals surface area contributed by atoms with E-state index in [-0.39, 0.29) is 5.91 Å². The first-order chi connectivity index (χ1) is 12.7. The van der Waals surface area contributed by atoms with Gasteiger partial charge in [-0.2, -0.15) is 0 Å². The summed E-state index contributed by atoms with van der Waals surface area (Å²) in [5.74, 6) is -0.0844. The Morgan fingerprint density at radius 1 is 1.00 bits per heavy atom. The molecule has 0 aliphatic rings. The minimum Gasteiger partial charge on any atom is -0.355 e. The number of aromatic amines is 1. The van der Waals surface area contributed by atoms with E-state index in [0.717, 1.165) is 33.3 Å². The topological polar surface area (TPSA) is 57.8 Å². The van der Waals surface area contributed by atoms with Crippen LogP contribution in [0.4, 0.5) is 0 Å². The highest BCUT2D eigenvalue weighted by Gasteiger charge is 2.10. The third-order valence-corrected chi connectivity index (χ3v) is 4.57. The summed E-state index contributed by atoms with van der Waals surface area (Å²) in [6.07, 6.45) is 3.86. The molecular formula is C22H19N3O. The van der Waals surface area contributed by atoms with Crippen molar-refractivity contribution in [3.8, 4) is 22.3 Å². The first-order valence-electron chi connectivity index (χ1n) is 8.52. The van der Waals surface area contributed by atoms with Gasteiger partial charge < -0.3 is 10.3 Å². The van der Waals surface area contributed by atoms with Crippen LogP contribution in [0, 0.1) is 6.92 Å². The van der Waals surface area contributed by atoms with Crippen LogP contribution in [0.25, 0.3) is 33.3 Å². The van der Waals surface area contributed by atoms with Crippen molar-refractivity contribution in [2.45, 2.75) is 6.92 Å². The van der Waals surface area contributed by atoms with E-state index in [1.807, 2.05) is 36.7 Å². The van der Waals surface area contributed by atoms with Gasteiger partial charge in [0.2, 0.25) is 0 Å². The number of carbonyl (C=O) groups excluding carboxylic acids is 1. The molecule has 128 valence electrons. The van der Waals surface area contributed by atoms with Gasteiger partial charge in [0.25, 0.3) is 5.91 Å². The number of amides is 1. The lowest BCUT2D eigenvalue weighted by Gasteiger charge is -2.05. The van der Waals surface area contributed by atoms with Gasteiger partial charge in [-0.05, 0) is 36.2 Å². The van der Waals surface area contributed by atoms with Crippen LogP contribution < -0.4 is 5.32 Å². The molecule has 2 aromatic carbocycles. The van der Waals surface area contributed by atoms with E-state index in [1.165, 1.54) is 5.56 Å². The van der Waals surface area contributed by atoms with E-state index in [4.69, 9.17) is 0 Å². The lowest BCUT2D eigenvalue weighted by molar-refractivity contribution is 0.0963. The van der Waals surface area contributed by atoms with E-state index < -0.39 is 0 Å². The quantitative estimate of drug-likeness (QED) is 0.574. The molecule has 0 saturated carbocycles. The van der Waals surface area contributed by atoms with Crippen LogP contribution >= 0.6 is 0 Å². The number of nitrogens with zero attached hydrogens (tertiary/aromatic N) is 1. The molecule has 4 rings (SSSR count). The number of nitrogens with one attached hydrogen (secondary N) is 2. The highest BCUT2D eigenvalue weighted by Crippen LogP contribution is 2.31. The number of hydrogen-bond acceptors (Lipinski definition) is 2. The Morgan fingerprint density at radius 2 is 1.81 bits per heavy atom. The second-order valence-corrected chi connectivity index (χ2v) is 6.35. The van der Waals surface area contributed by atoms with Crippen LogP contribution in [0.5, 0.6) is 0 Å². The van der Waals surface area contributed by atoms with Crippen molar-refractivity contribution in [1.82, 2.24) is 15.3 Å². The Hall–Kier alpha value is -3.40. The van der Waals surface area contributed by atoms with E-state index in [0.29, 0.717) is 5.56 Å². The van der Waals surface area contributed by atoms with E-state index >= 15 is 0 Å². The van der Waals surface area contributed by atoms with E-state index in [1.54, 1.807) is 7.05 Å². The van der Waals surface area contributed by atoms with Crippen LogP contribution in [0.2, 0.25) is 0 Å². The van der Waals surface area contributed by atoms with Gasteiger partial charge in [-0.25, -0.2) is 4.98 Å². The van der Waals surface area contributed by atoms with Crippen molar-refractivity contribution in [1.29, 1.82) is 0 Å². The molecule has 0 aliphatic heterocycles. The summed E-state index contributed by atoms with van der Waals surface area (Å²) in [6.45, 7) is 2.09. The molecule has 2 heterocycles. The van der Waals surface area contributed by atoms with Crippen molar-refractivity contribution in [2.75, 3.05) is 7.05 Å². The highest BCUT2D eigenvalue weighted by molar-refractivity contribution is 5.97. The minimum atomic E-state index is -0.0844. The average molecular weight is 341 g/mol. The van der Waals surface area contributed by atoms with E-state index in [2.05, 4.69) is 52.5 Å². The summed E-state index contributed by atoms with van der Waals surface area (Å²) in [6, 6.07) is 18.2. The Balaban J connectivity index is 1.79. The van der Waals surface area contributed by atoms with Crippen LogP contribution in [-0.2, 0) is 0 Å². The zero-order valence-electron chi connectivity index (χ0n) is 14.7. The lowest BCUT2D eigenvalue weighted by atomic mass is 10.0. The molecule has 0 saturated heterocycles. The number of hydrogen-bond donors (Lipinski definition) is 2. The maximum atomic E-state index is 11.7. The van der Waals surface area contributed by atoms with Crippen molar-refractivity contribution in [3.63, 3.8) is 0 Å². The Labute approximate surface area is 151 Å². The molecule has 0 bridgehead atoms. The molecule has 1 amide bonds. The summed E-state index contributed by atoms with van der Waals surface area (Å²) in [7, 11) is 1.63. The van der Waals surface area contributed by atoms with Crippen molar-refractivity contribution in [2.24, 2.45) is 0 Å². The number of carbonyl (C=O) groups is 1. The number of pyridine rings is 1. The molecule has 4 heteroatoms. The molecule has 2 N–H and O–H groups in total. The van der Waals surface area contributed by atoms with Gasteiger partial charge in [-0.1, -0.05) is 42.0 Å². The zero-order chi connectivity index (χ0) is 18.1. The number of fused-ring (bicyclic) bond motifs is 1. The van der Waals surface area contributed by atoms with Crippen molar-refractivity contribution >= 4 is 16.9 Å². The average Bonchev–Trinajstić information content (AvgIpc) is 3.10. The summed E-state index contributed by atoms with van der Waals surface area (Å²) in [5, 5.41) is 3.71. The largest absolute Gasteiger partial charge is 0.355 e. The van der Waals surface area contributed by atoms with Gasteiger partial charge >= 0.3 is 0 Å². The molecule has 0 radical (unpaired) electrons. The second-order valence-electron chi connectivity index (χ2n) is 6.35. The number of aryl methyl sites for hydroxylation is 1. The molecular weight excluding hydrogens is 322 g/mol.